The average Bonchev–Trinajstić information content (AvgIpc) is 3.14. The van der Waals surface area contributed by atoms with E-state index in [1.54, 1.807) is 29.0 Å². The Bertz CT molecular complexity index is 1010. The Morgan fingerprint density at radius 3 is 2.52 bits per heavy atom. The molecule has 1 amide bonds. The number of amides is 1. The maximum Gasteiger partial charge on any atom is 0.270 e. The Kier molecular flexibility index (Phi) is 7.06. The lowest BCUT2D eigenvalue weighted by atomic mass is 10.1. The van der Waals surface area contributed by atoms with Gasteiger partial charge in [-0.3, -0.25) is 9.48 Å². The van der Waals surface area contributed by atoms with E-state index in [4.69, 9.17) is 11.6 Å². The molecule has 1 aromatic carbocycles. The smallest absolute Gasteiger partial charge is 0.270 e. The molecule has 0 bridgehead atoms. The van der Waals surface area contributed by atoms with Crippen molar-refractivity contribution in [1.29, 1.82) is 0 Å². The summed E-state index contributed by atoms with van der Waals surface area (Å²) in [4.78, 5) is 21.2. The molecule has 2 aromatic heterocycles. The maximum absolute atomic E-state index is 11.8. The predicted octanol–water partition coefficient (Wildman–Crippen LogP) is 4.67. The molecule has 0 atom stereocenters. The molecular weight excluding hydrogens is 406 g/mol. The molecule has 1 aliphatic heterocycles. The van der Waals surface area contributed by atoms with Crippen molar-refractivity contribution >= 4 is 29.3 Å². The summed E-state index contributed by atoms with van der Waals surface area (Å²) in [5, 5.41) is 9.77. The van der Waals surface area contributed by atoms with E-state index < -0.39 is 0 Å². The average molecular weight is 428 g/mol. The van der Waals surface area contributed by atoms with Crippen molar-refractivity contribution in [3.63, 3.8) is 0 Å². The zero-order chi connectivity index (χ0) is 20.8. The first kappa shape index (κ1) is 21.1. The number of carbonyl (C=O) groups excluding carboxylic acids is 1. The molecule has 4 rings (SSSR count). The molecule has 0 radical (unpaired) electrons. The summed E-state index contributed by atoms with van der Waals surface area (Å²) in [6, 6.07) is 7.40. The van der Waals surface area contributed by atoms with E-state index >= 15 is 0 Å². The maximum atomic E-state index is 11.8. The third kappa shape index (κ3) is 5.05. The van der Waals surface area contributed by atoms with Crippen LogP contribution >= 0.6 is 23.4 Å². The van der Waals surface area contributed by atoms with E-state index in [0.717, 1.165) is 27.4 Å². The first-order valence-corrected chi connectivity index (χ1v) is 10.4. The Hall–Kier alpha value is -2.64. The minimum Gasteiger partial charge on any atom is -0.349 e. The Labute approximate surface area is 179 Å². The molecule has 0 saturated carbocycles. The predicted molar refractivity (Wildman–Crippen MR) is 117 cm³/mol. The van der Waals surface area contributed by atoms with Gasteiger partial charge in [0.05, 0.1) is 29.0 Å². The summed E-state index contributed by atoms with van der Waals surface area (Å²) in [5.74, 6) is -0.0706. The van der Waals surface area contributed by atoms with Gasteiger partial charge < -0.3 is 5.32 Å². The fraction of sp³-hybridized carbons (Fsp3) is 0.238. The van der Waals surface area contributed by atoms with Crippen LogP contribution in [0.5, 0.6) is 0 Å². The van der Waals surface area contributed by atoms with Crippen molar-refractivity contribution in [2.75, 3.05) is 6.54 Å². The molecule has 0 aliphatic carbocycles. The molecule has 8 heteroatoms. The van der Waals surface area contributed by atoms with Gasteiger partial charge in [-0.25, -0.2) is 9.97 Å². The second-order valence-electron chi connectivity index (χ2n) is 6.35. The van der Waals surface area contributed by atoms with Gasteiger partial charge in [0.25, 0.3) is 5.91 Å². The number of carbonyl (C=O) groups is 1. The standard InChI is InChI=1S/C12H10ClN3O.C9H12N2S/c13-9-3-1-8(2-4-9)10-7-15-16-6-5-14-12(17)11(10)16;1-4-5-12-9-7(2)10-6-11-8(9)3/h1-4,7H,5-6H2,(H,14,17);4-6H,1-3H3/b;5-4-. The summed E-state index contributed by atoms with van der Waals surface area (Å²) < 4.78 is 1.74. The molecule has 1 aliphatic rings. The number of aryl methyl sites for hydroxylation is 2. The Morgan fingerprint density at radius 2 is 1.86 bits per heavy atom. The third-order valence-corrected chi connectivity index (χ3v) is 5.79. The van der Waals surface area contributed by atoms with E-state index in [-0.39, 0.29) is 5.91 Å². The molecule has 0 saturated heterocycles. The highest BCUT2D eigenvalue weighted by Crippen LogP contribution is 2.26. The van der Waals surface area contributed by atoms with Crippen LogP contribution in [0.4, 0.5) is 0 Å². The number of fused-ring (bicyclic) bond motifs is 1. The number of rotatable bonds is 3. The molecular formula is C21H22ClN5OS. The summed E-state index contributed by atoms with van der Waals surface area (Å²) in [6.45, 7) is 7.35. The van der Waals surface area contributed by atoms with Crippen LogP contribution in [0.25, 0.3) is 11.1 Å². The van der Waals surface area contributed by atoms with E-state index in [1.165, 1.54) is 0 Å². The van der Waals surface area contributed by atoms with Gasteiger partial charge in [0.1, 0.15) is 12.0 Å². The first-order chi connectivity index (χ1) is 14.0. The third-order valence-electron chi connectivity index (χ3n) is 4.30. The van der Waals surface area contributed by atoms with Crippen LogP contribution in [0.15, 0.2) is 53.2 Å². The van der Waals surface area contributed by atoms with Crippen LogP contribution < -0.4 is 5.32 Å². The fourth-order valence-electron chi connectivity index (χ4n) is 2.88. The summed E-state index contributed by atoms with van der Waals surface area (Å²) >= 11 is 7.51. The number of hydrogen-bond donors (Lipinski definition) is 1. The number of hydrogen-bond acceptors (Lipinski definition) is 5. The van der Waals surface area contributed by atoms with Crippen molar-refractivity contribution in [2.24, 2.45) is 0 Å². The number of halogens is 1. The van der Waals surface area contributed by atoms with Crippen LogP contribution in [0.3, 0.4) is 0 Å². The van der Waals surface area contributed by atoms with Crippen molar-refractivity contribution in [3.05, 3.63) is 70.4 Å². The number of allylic oxidation sites excluding steroid dienone is 1. The second kappa shape index (κ2) is 9.71. The SMILES string of the molecule is C/C=C\Sc1c(C)ncnc1C.O=C1NCCn2ncc(-c3ccc(Cl)cc3)c21. The van der Waals surface area contributed by atoms with Gasteiger partial charge in [-0.05, 0) is 43.9 Å². The Morgan fingerprint density at radius 1 is 1.17 bits per heavy atom. The van der Waals surface area contributed by atoms with Gasteiger partial charge in [-0.15, -0.1) is 0 Å². The van der Waals surface area contributed by atoms with Gasteiger partial charge in [-0.1, -0.05) is 41.6 Å². The molecule has 1 N–H and O–H groups in total. The first-order valence-electron chi connectivity index (χ1n) is 9.17. The number of aromatic nitrogens is 4. The van der Waals surface area contributed by atoms with E-state index in [1.807, 2.05) is 56.5 Å². The number of thioether (sulfide) groups is 1. The molecule has 0 fully saturated rings. The summed E-state index contributed by atoms with van der Waals surface area (Å²) in [7, 11) is 0. The highest BCUT2D eigenvalue weighted by atomic mass is 35.5. The largest absolute Gasteiger partial charge is 0.349 e. The van der Waals surface area contributed by atoms with Gasteiger partial charge in [0, 0.05) is 17.1 Å². The Balaban J connectivity index is 0.000000177. The monoisotopic (exact) mass is 427 g/mol. The van der Waals surface area contributed by atoms with E-state index in [0.29, 0.717) is 23.8 Å². The van der Waals surface area contributed by atoms with Crippen LogP contribution in [0.1, 0.15) is 28.8 Å². The lowest BCUT2D eigenvalue weighted by molar-refractivity contribution is 0.0925. The molecule has 3 heterocycles. The lowest BCUT2D eigenvalue weighted by Gasteiger charge is -2.15. The topological polar surface area (TPSA) is 72.7 Å². The molecule has 6 nitrogen and oxygen atoms in total. The number of nitrogens with zero attached hydrogens (tertiary/aromatic N) is 4. The van der Waals surface area contributed by atoms with Gasteiger partial charge in [-0.2, -0.15) is 5.10 Å². The van der Waals surface area contributed by atoms with Gasteiger partial charge in [0.15, 0.2) is 0 Å². The second-order valence-corrected chi connectivity index (χ2v) is 7.71. The van der Waals surface area contributed by atoms with E-state index in [9.17, 15) is 4.79 Å². The van der Waals surface area contributed by atoms with Crippen molar-refractivity contribution in [1.82, 2.24) is 25.1 Å². The van der Waals surface area contributed by atoms with E-state index in [2.05, 4.69) is 20.4 Å². The lowest BCUT2D eigenvalue weighted by Crippen LogP contribution is -2.35. The summed E-state index contributed by atoms with van der Waals surface area (Å²) in [6.07, 6.45) is 5.34. The molecule has 150 valence electrons. The summed E-state index contributed by atoms with van der Waals surface area (Å²) in [5.41, 5.74) is 4.52. The van der Waals surface area contributed by atoms with Crippen molar-refractivity contribution in [2.45, 2.75) is 32.2 Å². The fourth-order valence-corrected chi connectivity index (χ4v) is 3.73. The molecule has 0 spiro atoms. The normalized spacial score (nSPS) is 12.9. The zero-order valence-corrected chi connectivity index (χ0v) is 18.1. The highest BCUT2D eigenvalue weighted by molar-refractivity contribution is 8.02. The van der Waals surface area contributed by atoms with Crippen LogP contribution in [-0.4, -0.2) is 32.2 Å². The minimum absolute atomic E-state index is 0.0706. The zero-order valence-electron chi connectivity index (χ0n) is 16.5. The quantitative estimate of drug-likeness (QED) is 0.615. The number of nitrogens with one attached hydrogen (secondary N) is 1. The molecule has 29 heavy (non-hydrogen) atoms. The van der Waals surface area contributed by atoms with Gasteiger partial charge in [0.2, 0.25) is 0 Å². The molecule has 0 unspecified atom stereocenters. The molecule has 3 aromatic rings. The van der Waals surface area contributed by atoms with Crippen LogP contribution in [0, 0.1) is 13.8 Å². The van der Waals surface area contributed by atoms with Crippen LogP contribution in [-0.2, 0) is 6.54 Å². The number of benzene rings is 1. The van der Waals surface area contributed by atoms with Crippen LogP contribution in [0.2, 0.25) is 5.02 Å². The van der Waals surface area contributed by atoms with Crippen molar-refractivity contribution in [3.8, 4) is 11.1 Å². The van der Waals surface area contributed by atoms with Crippen molar-refractivity contribution < 1.29 is 4.79 Å². The highest BCUT2D eigenvalue weighted by Gasteiger charge is 2.22. The van der Waals surface area contributed by atoms with Gasteiger partial charge >= 0.3 is 0 Å². The minimum atomic E-state index is -0.0706.